The molecular formula is C32H35ClFN3O4. The van der Waals surface area contributed by atoms with Crippen molar-refractivity contribution in [1.82, 2.24) is 10.2 Å². The van der Waals surface area contributed by atoms with E-state index in [-0.39, 0.29) is 22.9 Å². The molecule has 3 aliphatic heterocycles. The molecule has 3 fully saturated rings. The smallest absolute Gasteiger partial charge is 0.246 e. The van der Waals surface area contributed by atoms with E-state index in [1.165, 1.54) is 18.2 Å². The first-order valence-electron chi connectivity index (χ1n) is 14.4. The Morgan fingerprint density at radius 2 is 1.88 bits per heavy atom. The molecule has 7 nitrogen and oxygen atoms in total. The summed E-state index contributed by atoms with van der Waals surface area (Å²) >= 11 is 5.93. The van der Waals surface area contributed by atoms with Crippen LogP contribution in [-0.4, -0.2) is 46.4 Å². The summed E-state index contributed by atoms with van der Waals surface area (Å²) < 4.78 is 20.2. The van der Waals surface area contributed by atoms with Gasteiger partial charge in [-0.15, -0.1) is 0 Å². The first-order chi connectivity index (χ1) is 19.6. The summed E-state index contributed by atoms with van der Waals surface area (Å²) in [6.07, 6.45) is 5.97. The van der Waals surface area contributed by atoms with Crippen LogP contribution in [0.25, 0.3) is 0 Å². The van der Waals surface area contributed by atoms with Crippen LogP contribution in [0, 0.1) is 29.5 Å². The lowest BCUT2D eigenvalue weighted by Crippen LogP contribution is -2.58. The van der Waals surface area contributed by atoms with Crippen LogP contribution in [-0.2, 0) is 19.1 Å². The normalized spacial score (nSPS) is 34.4. The number of anilines is 1. The number of fused-ring (bicyclic) bond motifs is 1. The third-order valence-electron chi connectivity index (χ3n) is 9.78. The number of likely N-dealkylation sites (tertiary alicyclic amines) is 1. The highest BCUT2D eigenvalue weighted by atomic mass is 35.5. The van der Waals surface area contributed by atoms with Gasteiger partial charge in [-0.3, -0.25) is 14.4 Å². The molecule has 2 aromatic rings. The Hall–Kier alpha value is -3.23. The summed E-state index contributed by atoms with van der Waals surface area (Å²) in [5.74, 6) is -2.56. The van der Waals surface area contributed by atoms with Gasteiger partial charge in [0.1, 0.15) is 17.5 Å². The molecule has 2 N–H and O–H groups in total. The molecule has 1 aliphatic carbocycles. The molecule has 1 spiro atoms. The molecule has 2 saturated heterocycles. The lowest BCUT2D eigenvalue weighted by Gasteiger charge is -2.39. The number of carbonyl (C=O) groups excluding carboxylic acids is 3. The van der Waals surface area contributed by atoms with Crippen LogP contribution in [0.3, 0.4) is 0 Å². The highest BCUT2D eigenvalue weighted by Gasteiger charge is 2.73. The van der Waals surface area contributed by atoms with E-state index in [0.29, 0.717) is 17.5 Å². The van der Waals surface area contributed by atoms with Crippen LogP contribution in [0.15, 0.2) is 60.7 Å². The van der Waals surface area contributed by atoms with Gasteiger partial charge in [-0.25, -0.2) is 4.39 Å². The van der Waals surface area contributed by atoms with Crippen molar-refractivity contribution in [3.8, 4) is 0 Å². The first-order valence-corrected chi connectivity index (χ1v) is 14.8. The number of halogens is 2. The van der Waals surface area contributed by atoms with Crippen molar-refractivity contribution in [3.63, 3.8) is 0 Å². The van der Waals surface area contributed by atoms with E-state index in [2.05, 4.69) is 24.5 Å². The predicted octanol–water partition coefficient (Wildman–Crippen LogP) is 5.27. The van der Waals surface area contributed by atoms with Crippen molar-refractivity contribution in [2.75, 3.05) is 5.32 Å². The van der Waals surface area contributed by atoms with Crippen molar-refractivity contribution in [1.29, 1.82) is 0 Å². The average molecular weight is 580 g/mol. The fourth-order valence-electron chi connectivity index (χ4n) is 7.36. The van der Waals surface area contributed by atoms with Crippen LogP contribution in [0.4, 0.5) is 10.1 Å². The van der Waals surface area contributed by atoms with Gasteiger partial charge in [0.05, 0.1) is 29.0 Å². The van der Waals surface area contributed by atoms with Gasteiger partial charge < -0.3 is 20.3 Å². The van der Waals surface area contributed by atoms with Crippen molar-refractivity contribution in [2.45, 2.75) is 69.9 Å². The largest absolute Gasteiger partial charge is 0.359 e. The van der Waals surface area contributed by atoms with E-state index in [4.69, 9.17) is 16.3 Å². The van der Waals surface area contributed by atoms with Crippen LogP contribution in [0.5, 0.6) is 0 Å². The zero-order chi connectivity index (χ0) is 29.1. The molecule has 1 saturated carbocycles. The summed E-state index contributed by atoms with van der Waals surface area (Å²) in [4.78, 5) is 43.9. The number of amides is 3. The molecule has 216 valence electrons. The van der Waals surface area contributed by atoms with Crippen molar-refractivity contribution >= 4 is 35.0 Å². The number of ether oxygens (including phenoxy) is 1. The van der Waals surface area contributed by atoms with Gasteiger partial charge in [-0.1, -0.05) is 80.8 Å². The number of hydrogen-bond donors (Lipinski definition) is 2. The molecule has 9 atom stereocenters. The minimum atomic E-state index is -1.28. The number of nitrogens with one attached hydrogen (secondary N) is 2. The number of rotatable bonds is 6. The fourth-order valence-corrected chi connectivity index (χ4v) is 7.54. The molecule has 0 radical (unpaired) electrons. The van der Waals surface area contributed by atoms with Gasteiger partial charge in [0.15, 0.2) is 0 Å². The summed E-state index contributed by atoms with van der Waals surface area (Å²) in [5.41, 5.74) is -0.0760. The zero-order valence-electron chi connectivity index (χ0n) is 23.3. The highest BCUT2D eigenvalue weighted by Crippen LogP contribution is 2.57. The van der Waals surface area contributed by atoms with Crippen LogP contribution < -0.4 is 10.6 Å². The van der Waals surface area contributed by atoms with Gasteiger partial charge in [0.25, 0.3) is 0 Å². The summed E-state index contributed by atoms with van der Waals surface area (Å²) in [6.45, 7) is 6.28. The fraction of sp³-hybridized carbons (Fsp3) is 0.469. The average Bonchev–Trinajstić information content (AvgIpc) is 3.60. The van der Waals surface area contributed by atoms with E-state index >= 15 is 0 Å². The van der Waals surface area contributed by atoms with Crippen LogP contribution >= 0.6 is 11.6 Å². The molecule has 3 heterocycles. The third kappa shape index (κ3) is 4.56. The van der Waals surface area contributed by atoms with E-state index in [9.17, 15) is 18.8 Å². The van der Waals surface area contributed by atoms with E-state index in [0.717, 1.165) is 24.8 Å². The molecule has 9 heteroatoms. The third-order valence-corrected chi connectivity index (χ3v) is 10.1. The second-order valence-electron chi connectivity index (χ2n) is 12.0. The summed E-state index contributed by atoms with van der Waals surface area (Å²) in [6, 6.07) is 12.1. The molecule has 0 unspecified atom stereocenters. The van der Waals surface area contributed by atoms with Gasteiger partial charge in [0, 0.05) is 11.7 Å². The Morgan fingerprint density at radius 3 is 2.61 bits per heavy atom. The van der Waals surface area contributed by atoms with Gasteiger partial charge in [0.2, 0.25) is 17.7 Å². The highest BCUT2D eigenvalue weighted by molar-refractivity contribution is 6.31. The number of hydrogen-bond acceptors (Lipinski definition) is 4. The summed E-state index contributed by atoms with van der Waals surface area (Å²) in [7, 11) is 0. The first kappa shape index (κ1) is 27.9. The molecule has 6 rings (SSSR count). The lowest BCUT2D eigenvalue weighted by atomic mass is 9.73. The van der Waals surface area contributed by atoms with Gasteiger partial charge in [-0.2, -0.15) is 0 Å². The van der Waals surface area contributed by atoms with E-state index in [1.54, 1.807) is 11.0 Å². The second kappa shape index (κ2) is 10.6. The van der Waals surface area contributed by atoms with Crippen molar-refractivity contribution < 1.29 is 23.5 Å². The maximum absolute atomic E-state index is 14.4. The molecular weight excluding hydrogens is 545 g/mol. The topological polar surface area (TPSA) is 87.7 Å². The maximum Gasteiger partial charge on any atom is 0.246 e. The second-order valence-corrected chi connectivity index (χ2v) is 12.4. The molecule has 4 aliphatic rings. The van der Waals surface area contributed by atoms with E-state index < -0.39 is 47.3 Å². The lowest BCUT2D eigenvalue weighted by molar-refractivity contribution is -0.144. The van der Waals surface area contributed by atoms with Crippen LogP contribution in [0.1, 0.15) is 51.6 Å². The standard InChI is InChI=1S/C32H35ClFN3O4/c1-17-8-7-11-24(18(17)2)36-30(39)28-32-15-14-25(41-32)26(29(38)35-21-12-13-23(34)22(33)16-21)27(32)31(40)37(28)19(3)20-9-5-4-6-10-20/h4-6,9-10,12-19,24-28H,7-8,11H2,1-3H3,(H,35,38)(H,36,39)/t17-,18+,19-,24+,25-,26+,27-,28+,32+/m1/s1. The van der Waals surface area contributed by atoms with Crippen molar-refractivity contribution in [3.05, 3.63) is 77.1 Å². The van der Waals surface area contributed by atoms with Crippen molar-refractivity contribution in [2.24, 2.45) is 23.7 Å². The quantitative estimate of drug-likeness (QED) is 0.457. The number of nitrogens with zero attached hydrogens (tertiary/aromatic N) is 1. The number of benzene rings is 2. The molecule has 2 bridgehead atoms. The Morgan fingerprint density at radius 1 is 1.12 bits per heavy atom. The Bertz CT molecular complexity index is 1400. The van der Waals surface area contributed by atoms with E-state index in [1.807, 2.05) is 43.3 Å². The van der Waals surface area contributed by atoms with Gasteiger partial charge >= 0.3 is 0 Å². The van der Waals surface area contributed by atoms with Crippen LogP contribution in [0.2, 0.25) is 5.02 Å². The number of carbonyl (C=O) groups is 3. The Labute approximate surface area is 244 Å². The SMILES string of the molecule is C[C@H]1[C@H](C)CCC[C@@H]1NC(=O)[C@@H]1N([C@H](C)c2ccccc2)C(=O)[C@H]2[C@@H](C(=O)Nc3ccc(F)c(Cl)c3)[C@H]3C=C[C@@]12O3. The monoisotopic (exact) mass is 579 g/mol. The minimum Gasteiger partial charge on any atom is -0.359 e. The zero-order valence-corrected chi connectivity index (χ0v) is 24.1. The summed E-state index contributed by atoms with van der Waals surface area (Å²) in [5, 5.41) is 5.95. The molecule has 3 amide bonds. The molecule has 0 aromatic heterocycles. The maximum atomic E-state index is 14.4. The molecule has 41 heavy (non-hydrogen) atoms. The molecule has 2 aromatic carbocycles. The Kier molecular flexibility index (Phi) is 7.19. The Balaban J connectivity index is 1.35. The predicted molar refractivity (Wildman–Crippen MR) is 153 cm³/mol. The minimum absolute atomic E-state index is 0.00409. The van der Waals surface area contributed by atoms with Gasteiger partial charge in [-0.05, 0) is 48.9 Å².